The van der Waals surface area contributed by atoms with Crippen LogP contribution in [0.2, 0.25) is 0 Å². The number of halogens is 1. The van der Waals surface area contributed by atoms with Gasteiger partial charge in [0, 0.05) is 0 Å². The molecular formula is C15H24FN. The van der Waals surface area contributed by atoms with Gasteiger partial charge in [-0.3, -0.25) is 0 Å². The topological polar surface area (TPSA) is 26.0 Å². The van der Waals surface area contributed by atoms with Gasteiger partial charge in [-0.1, -0.05) is 38.8 Å². The number of hydrogen-bond donors (Lipinski definition) is 1. The minimum Gasteiger partial charge on any atom is -0.330 e. The summed E-state index contributed by atoms with van der Waals surface area (Å²) in [4.78, 5) is 0. The summed E-state index contributed by atoms with van der Waals surface area (Å²) in [6, 6.07) is 6.79. The van der Waals surface area contributed by atoms with Gasteiger partial charge in [0.15, 0.2) is 0 Å². The van der Waals surface area contributed by atoms with Gasteiger partial charge < -0.3 is 5.73 Å². The molecule has 1 rings (SSSR count). The van der Waals surface area contributed by atoms with E-state index in [1.54, 1.807) is 0 Å². The average Bonchev–Trinajstić information content (AvgIpc) is 2.37. The van der Waals surface area contributed by atoms with Crippen molar-refractivity contribution in [1.29, 1.82) is 0 Å². The minimum absolute atomic E-state index is 0.168. The molecule has 1 aromatic rings. The first-order chi connectivity index (χ1) is 8.19. The molecular weight excluding hydrogens is 213 g/mol. The van der Waals surface area contributed by atoms with Crippen molar-refractivity contribution in [2.24, 2.45) is 17.6 Å². The molecule has 1 aromatic carbocycles. The molecule has 2 heteroatoms. The van der Waals surface area contributed by atoms with Crippen LogP contribution >= 0.6 is 0 Å². The summed E-state index contributed by atoms with van der Waals surface area (Å²) in [5, 5.41) is 0. The van der Waals surface area contributed by atoms with Crippen molar-refractivity contribution in [2.75, 3.05) is 6.54 Å². The van der Waals surface area contributed by atoms with E-state index in [1.165, 1.54) is 37.0 Å². The van der Waals surface area contributed by atoms with Crippen LogP contribution in [0.3, 0.4) is 0 Å². The third-order valence-corrected chi connectivity index (χ3v) is 3.59. The van der Waals surface area contributed by atoms with Gasteiger partial charge in [-0.2, -0.15) is 0 Å². The SMILES string of the molecule is CCC(CC)CC(CN)Cc1ccc(F)cc1. The molecule has 0 fully saturated rings. The Labute approximate surface area is 104 Å². The van der Waals surface area contributed by atoms with E-state index in [9.17, 15) is 4.39 Å². The Kier molecular flexibility index (Phi) is 6.20. The average molecular weight is 237 g/mol. The molecule has 0 heterocycles. The van der Waals surface area contributed by atoms with Gasteiger partial charge in [-0.25, -0.2) is 4.39 Å². The van der Waals surface area contributed by atoms with Gasteiger partial charge >= 0.3 is 0 Å². The normalized spacial score (nSPS) is 13.0. The van der Waals surface area contributed by atoms with E-state index in [2.05, 4.69) is 13.8 Å². The van der Waals surface area contributed by atoms with E-state index in [4.69, 9.17) is 5.73 Å². The van der Waals surface area contributed by atoms with Gasteiger partial charge in [0.25, 0.3) is 0 Å². The van der Waals surface area contributed by atoms with Crippen molar-refractivity contribution in [3.05, 3.63) is 35.6 Å². The summed E-state index contributed by atoms with van der Waals surface area (Å²) in [6.07, 6.45) is 4.58. The highest BCUT2D eigenvalue weighted by molar-refractivity contribution is 5.16. The highest BCUT2D eigenvalue weighted by Gasteiger charge is 2.13. The van der Waals surface area contributed by atoms with Crippen LogP contribution in [0.15, 0.2) is 24.3 Å². The third kappa shape index (κ3) is 4.86. The summed E-state index contributed by atoms with van der Waals surface area (Å²) in [5.74, 6) is 1.12. The molecule has 17 heavy (non-hydrogen) atoms. The Bertz CT molecular complexity index is 303. The molecule has 0 radical (unpaired) electrons. The lowest BCUT2D eigenvalue weighted by Crippen LogP contribution is -2.20. The third-order valence-electron chi connectivity index (χ3n) is 3.59. The summed E-state index contributed by atoms with van der Waals surface area (Å²) < 4.78 is 12.8. The zero-order valence-electron chi connectivity index (χ0n) is 11.0. The van der Waals surface area contributed by atoms with E-state index < -0.39 is 0 Å². The number of benzene rings is 1. The van der Waals surface area contributed by atoms with E-state index in [0.29, 0.717) is 12.5 Å². The molecule has 0 amide bonds. The molecule has 2 N–H and O–H groups in total. The summed E-state index contributed by atoms with van der Waals surface area (Å²) >= 11 is 0. The predicted octanol–water partition coefficient (Wildman–Crippen LogP) is 3.77. The smallest absolute Gasteiger partial charge is 0.123 e. The van der Waals surface area contributed by atoms with Crippen LogP contribution in [0.25, 0.3) is 0 Å². The highest BCUT2D eigenvalue weighted by atomic mass is 19.1. The molecule has 1 nitrogen and oxygen atoms in total. The number of hydrogen-bond acceptors (Lipinski definition) is 1. The maximum Gasteiger partial charge on any atom is 0.123 e. The van der Waals surface area contributed by atoms with Crippen LogP contribution in [0.4, 0.5) is 4.39 Å². The summed E-state index contributed by atoms with van der Waals surface area (Å²) in [5.41, 5.74) is 7.02. The van der Waals surface area contributed by atoms with E-state index in [1.807, 2.05) is 12.1 Å². The first-order valence-electron chi connectivity index (χ1n) is 6.64. The van der Waals surface area contributed by atoms with Crippen LogP contribution in [0.5, 0.6) is 0 Å². The maximum atomic E-state index is 12.8. The second kappa shape index (κ2) is 7.44. The summed E-state index contributed by atoms with van der Waals surface area (Å²) in [6.45, 7) is 5.19. The fourth-order valence-electron chi connectivity index (χ4n) is 2.31. The predicted molar refractivity (Wildman–Crippen MR) is 71.3 cm³/mol. The molecule has 0 aliphatic rings. The lowest BCUT2D eigenvalue weighted by atomic mass is 9.87. The fourth-order valence-corrected chi connectivity index (χ4v) is 2.31. The Morgan fingerprint density at radius 3 is 2.12 bits per heavy atom. The second-order valence-corrected chi connectivity index (χ2v) is 4.85. The molecule has 0 spiro atoms. The fraction of sp³-hybridized carbons (Fsp3) is 0.600. The molecule has 0 bridgehead atoms. The monoisotopic (exact) mass is 237 g/mol. The quantitative estimate of drug-likeness (QED) is 0.767. The van der Waals surface area contributed by atoms with Gasteiger partial charge in [0.2, 0.25) is 0 Å². The minimum atomic E-state index is -0.168. The van der Waals surface area contributed by atoms with E-state index >= 15 is 0 Å². The maximum absolute atomic E-state index is 12.8. The zero-order valence-corrected chi connectivity index (χ0v) is 11.0. The van der Waals surface area contributed by atoms with Crippen LogP contribution in [-0.4, -0.2) is 6.54 Å². The molecule has 0 aliphatic carbocycles. The standard InChI is InChI=1S/C15H24FN/c1-3-12(4-2)9-14(11-17)10-13-5-7-15(16)8-6-13/h5-8,12,14H,3-4,9-11,17H2,1-2H3. The van der Waals surface area contributed by atoms with E-state index in [0.717, 1.165) is 12.3 Å². The molecule has 96 valence electrons. The molecule has 0 aromatic heterocycles. The van der Waals surface area contributed by atoms with Crippen molar-refractivity contribution in [3.8, 4) is 0 Å². The molecule has 1 atom stereocenters. The van der Waals surface area contributed by atoms with E-state index in [-0.39, 0.29) is 5.82 Å². The Balaban J connectivity index is 2.54. The molecule has 0 saturated carbocycles. The van der Waals surface area contributed by atoms with Gasteiger partial charge in [-0.15, -0.1) is 0 Å². The van der Waals surface area contributed by atoms with Crippen molar-refractivity contribution in [1.82, 2.24) is 0 Å². The van der Waals surface area contributed by atoms with Crippen LogP contribution in [0, 0.1) is 17.7 Å². The van der Waals surface area contributed by atoms with Crippen molar-refractivity contribution in [3.63, 3.8) is 0 Å². The Morgan fingerprint density at radius 1 is 1.06 bits per heavy atom. The van der Waals surface area contributed by atoms with Crippen molar-refractivity contribution in [2.45, 2.75) is 39.5 Å². The van der Waals surface area contributed by atoms with Gasteiger partial charge in [0.05, 0.1) is 0 Å². The lowest BCUT2D eigenvalue weighted by Gasteiger charge is -2.20. The number of nitrogens with two attached hydrogens (primary N) is 1. The summed E-state index contributed by atoms with van der Waals surface area (Å²) in [7, 11) is 0. The first-order valence-corrected chi connectivity index (χ1v) is 6.64. The van der Waals surface area contributed by atoms with Crippen molar-refractivity contribution < 1.29 is 4.39 Å². The molecule has 1 unspecified atom stereocenters. The molecule has 0 aliphatic heterocycles. The van der Waals surface area contributed by atoms with Crippen LogP contribution in [0.1, 0.15) is 38.7 Å². The Hall–Kier alpha value is -0.890. The number of rotatable bonds is 7. The first kappa shape index (κ1) is 14.2. The van der Waals surface area contributed by atoms with Gasteiger partial charge in [0.1, 0.15) is 5.82 Å². The largest absolute Gasteiger partial charge is 0.330 e. The van der Waals surface area contributed by atoms with Crippen LogP contribution in [-0.2, 0) is 6.42 Å². The van der Waals surface area contributed by atoms with Gasteiger partial charge in [-0.05, 0) is 48.9 Å². The van der Waals surface area contributed by atoms with Crippen molar-refractivity contribution >= 4 is 0 Å². The Morgan fingerprint density at radius 2 is 1.65 bits per heavy atom. The highest BCUT2D eigenvalue weighted by Crippen LogP contribution is 2.21. The van der Waals surface area contributed by atoms with Crippen LogP contribution < -0.4 is 5.73 Å². The lowest BCUT2D eigenvalue weighted by molar-refractivity contribution is 0.356. The zero-order chi connectivity index (χ0) is 12.7. The molecule has 0 saturated heterocycles. The second-order valence-electron chi connectivity index (χ2n) is 4.85.